The number of hydrogen-bond acceptors (Lipinski definition) is 8. The molecular weight excluding hydrogens is 276 g/mol. The third-order valence-electron chi connectivity index (χ3n) is 1.88. The fourth-order valence-electron chi connectivity index (χ4n) is 0.983. The molecule has 10 heteroatoms. The summed E-state index contributed by atoms with van der Waals surface area (Å²) in [6.07, 6.45) is -3.52. The van der Waals surface area contributed by atoms with Crippen LogP contribution in [-0.2, 0) is 18.9 Å². The normalized spacial score (nSPS) is 13.3. The Bertz CT molecular complexity index is 288. The maximum Gasteiger partial charge on any atom is 0.407 e. The van der Waals surface area contributed by atoms with Gasteiger partial charge in [0.1, 0.15) is 25.6 Å². The molecule has 0 saturated carbocycles. The number of carbonyl (C=O) groups excluding carboxylic acids is 2. The van der Waals surface area contributed by atoms with E-state index in [1.165, 1.54) is 7.05 Å². The van der Waals surface area contributed by atoms with Gasteiger partial charge in [-0.15, -0.1) is 0 Å². The van der Waals surface area contributed by atoms with Crippen LogP contribution in [0.3, 0.4) is 0 Å². The Morgan fingerprint density at radius 2 is 1.90 bits per heavy atom. The van der Waals surface area contributed by atoms with Crippen LogP contribution in [0.25, 0.3) is 0 Å². The number of ether oxygens (including phenoxy) is 4. The molecule has 0 rings (SSSR count). The molecule has 10 nitrogen and oxygen atoms in total. The van der Waals surface area contributed by atoms with Crippen molar-refractivity contribution in [1.82, 2.24) is 5.32 Å². The molecule has 0 saturated heterocycles. The van der Waals surface area contributed by atoms with Crippen molar-refractivity contribution in [2.45, 2.75) is 12.2 Å². The van der Waals surface area contributed by atoms with Gasteiger partial charge < -0.3 is 40.2 Å². The van der Waals surface area contributed by atoms with Gasteiger partial charge in [-0.3, -0.25) is 0 Å². The van der Waals surface area contributed by atoms with Crippen LogP contribution >= 0.6 is 0 Å². The van der Waals surface area contributed by atoms with E-state index in [2.05, 4.69) is 10.1 Å². The molecule has 20 heavy (non-hydrogen) atoms. The van der Waals surface area contributed by atoms with E-state index in [1.807, 2.05) is 0 Å². The molecule has 0 aliphatic rings. The van der Waals surface area contributed by atoms with E-state index in [-0.39, 0.29) is 26.6 Å². The first-order valence-electron chi connectivity index (χ1n) is 5.74. The summed E-state index contributed by atoms with van der Waals surface area (Å²) in [5, 5.41) is 20.4. The summed E-state index contributed by atoms with van der Waals surface area (Å²) in [4.78, 5) is 21.1. The van der Waals surface area contributed by atoms with Crippen LogP contribution in [0.15, 0.2) is 0 Å². The molecule has 0 aromatic heterocycles. The number of hydrogen-bond donors (Lipinski definition) is 4. The molecule has 0 spiro atoms. The quantitative estimate of drug-likeness (QED) is 0.271. The zero-order valence-electron chi connectivity index (χ0n) is 11.1. The largest absolute Gasteiger partial charge is 0.447 e. The topological polar surface area (TPSA) is 150 Å². The third-order valence-corrected chi connectivity index (χ3v) is 1.88. The van der Waals surface area contributed by atoms with Crippen molar-refractivity contribution in [3.05, 3.63) is 0 Å². The monoisotopic (exact) mass is 296 g/mol. The van der Waals surface area contributed by atoms with Gasteiger partial charge in [-0.2, -0.15) is 0 Å². The standard InChI is InChI=1S/C10H20N2O8/c1-12-10(16)20-8(2-13)5-18-6-17-3-7(14)4-19-9(11)15/h7-8,13-14H,2-6H2,1H3,(H2,11,15)(H,12,16). The lowest BCUT2D eigenvalue weighted by molar-refractivity contribution is -0.107. The number of alkyl carbamates (subject to hydrolysis) is 1. The number of nitrogens with one attached hydrogen (secondary N) is 1. The summed E-state index contributed by atoms with van der Waals surface area (Å²) in [7, 11) is 1.39. The Kier molecular flexibility index (Phi) is 10.3. The highest BCUT2D eigenvalue weighted by molar-refractivity contribution is 5.66. The van der Waals surface area contributed by atoms with Crippen LogP contribution in [0.1, 0.15) is 0 Å². The average Bonchev–Trinajstić information content (AvgIpc) is 2.43. The summed E-state index contributed by atoms with van der Waals surface area (Å²) in [6, 6.07) is 0. The summed E-state index contributed by atoms with van der Waals surface area (Å²) < 4.78 is 19.0. The van der Waals surface area contributed by atoms with Crippen LogP contribution in [-0.4, -0.2) is 74.9 Å². The molecule has 2 atom stereocenters. The van der Waals surface area contributed by atoms with Crippen molar-refractivity contribution in [3.8, 4) is 0 Å². The lowest BCUT2D eigenvalue weighted by Gasteiger charge is -2.16. The summed E-state index contributed by atoms with van der Waals surface area (Å²) >= 11 is 0. The van der Waals surface area contributed by atoms with Gasteiger partial charge in [0.25, 0.3) is 0 Å². The second-order valence-electron chi connectivity index (χ2n) is 3.60. The molecule has 0 heterocycles. The van der Waals surface area contributed by atoms with Crippen molar-refractivity contribution >= 4 is 12.2 Å². The lowest BCUT2D eigenvalue weighted by atomic mass is 10.4. The minimum Gasteiger partial charge on any atom is -0.447 e. The van der Waals surface area contributed by atoms with E-state index in [9.17, 15) is 14.7 Å². The van der Waals surface area contributed by atoms with Crippen molar-refractivity contribution < 1.29 is 38.7 Å². The van der Waals surface area contributed by atoms with Gasteiger partial charge in [-0.05, 0) is 0 Å². The maximum atomic E-state index is 10.9. The zero-order valence-corrected chi connectivity index (χ0v) is 11.1. The van der Waals surface area contributed by atoms with Gasteiger partial charge in [0, 0.05) is 7.05 Å². The smallest absolute Gasteiger partial charge is 0.407 e. The van der Waals surface area contributed by atoms with Crippen LogP contribution in [0.5, 0.6) is 0 Å². The van der Waals surface area contributed by atoms with Gasteiger partial charge in [0.2, 0.25) is 0 Å². The number of rotatable bonds is 10. The van der Waals surface area contributed by atoms with E-state index < -0.39 is 31.0 Å². The number of primary amides is 1. The highest BCUT2D eigenvalue weighted by Gasteiger charge is 2.13. The number of amides is 2. The van der Waals surface area contributed by atoms with E-state index >= 15 is 0 Å². The van der Waals surface area contributed by atoms with E-state index in [0.717, 1.165) is 0 Å². The first-order chi connectivity index (χ1) is 9.49. The Hall–Kier alpha value is -1.62. The molecule has 0 fully saturated rings. The Morgan fingerprint density at radius 3 is 2.45 bits per heavy atom. The molecule has 0 aromatic carbocycles. The third kappa shape index (κ3) is 10.3. The van der Waals surface area contributed by atoms with Crippen molar-refractivity contribution in [2.75, 3.05) is 40.3 Å². The van der Waals surface area contributed by atoms with Crippen LogP contribution in [0.4, 0.5) is 9.59 Å². The van der Waals surface area contributed by atoms with Crippen molar-refractivity contribution in [1.29, 1.82) is 0 Å². The predicted octanol–water partition coefficient (Wildman–Crippen LogP) is -1.85. The Labute approximate surface area is 115 Å². The highest BCUT2D eigenvalue weighted by atomic mass is 16.7. The molecular formula is C10H20N2O8. The minimum atomic E-state index is -1.03. The average molecular weight is 296 g/mol. The summed E-state index contributed by atoms with van der Waals surface area (Å²) in [5.74, 6) is 0. The molecule has 2 unspecified atom stereocenters. The maximum absolute atomic E-state index is 10.9. The SMILES string of the molecule is CNC(=O)OC(CO)COCOCC(O)COC(N)=O. The van der Waals surface area contributed by atoms with Gasteiger partial charge in [-0.25, -0.2) is 9.59 Å². The molecule has 2 amide bonds. The Balaban J connectivity index is 3.58. The minimum absolute atomic E-state index is 0.0716. The second kappa shape index (κ2) is 11.2. The molecule has 0 radical (unpaired) electrons. The van der Waals surface area contributed by atoms with Crippen LogP contribution in [0.2, 0.25) is 0 Å². The summed E-state index contributed by atoms with van der Waals surface area (Å²) in [5.41, 5.74) is 4.71. The molecule has 118 valence electrons. The van der Waals surface area contributed by atoms with Crippen molar-refractivity contribution in [2.24, 2.45) is 5.73 Å². The van der Waals surface area contributed by atoms with Gasteiger partial charge >= 0.3 is 12.2 Å². The highest BCUT2D eigenvalue weighted by Crippen LogP contribution is 1.95. The molecule has 0 aliphatic heterocycles. The second-order valence-corrected chi connectivity index (χ2v) is 3.60. The van der Waals surface area contributed by atoms with E-state index in [1.54, 1.807) is 0 Å². The van der Waals surface area contributed by atoms with Crippen molar-refractivity contribution in [3.63, 3.8) is 0 Å². The molecule has 0 aliphatic carbocycles. The first kappa shape index (κ1) is 18.4. The predicted molar refractivity (Wildman–Crippen MR) is 64.7 cm³/mol. The summed E-state index contributed by atoms with van der Waals surface area (Å²) in [6.45, 7) is -1.08. The molecule has 0 bridgehead atoms. The van der Waals surface area contributed by atoms with Gasteiger partial charge in [0.15, 0.2) is 0 Å². The number of nitrogens with two attached hydrogens (primary N) is 1. The fraction of sp³-hybridized carbons (Fsp3) is 0.800. The fourth-order valence-corrected chi connectivity index (χ4v) is 0.983. The number of aliphatic hydroxyl groups is 2. The lowest BCUT2D eigenvalue weighted by Crippen LogP contribution is -2.32. The zero-order chi connectivity index (χ0) is 15.4. The Morgan fingerprint density at radius 1 is 1.25 bits per heavy atom. The first-order valence-corrected chi connectivity index (χ1v) is 5.74. The molecule has 0 aromatic rings. The number of aliphatic hydroxyl groups excluding tert-OH is 2. The van der Waals surface area contributed by atoms with Gasteiger partial charge in [-0.1, -0.05) is 0 Å². The van der Waals surface area contributed by atoms with Crippen LogP contribution < -0.4 is 11.1 Å². The van der Waals surface area contributed by atoms with Crippen LogP contribution in [0, 0.1) is 0 Å². The number of carbonyl (C=O) groups is 2. The van der Waals surface area contributed by atoms with Gasteiger partial charge in [0.05, 0.1) is 19.8 Å². The van der Waals surface area contributed by atoms with E-state index in [4.69, 9.17) is 25.1 Å². The molecule has 5 N–H and O–H groups in total. The van der Waals surface area contributed by atoms with E-state index in [0.29, 0.717) is 0 Å².